The van der Waals surface area contributed by atoms with E-state index >= 15 is 0 Å². The second-order valence-electron chi connectivity index (χ2n) is 6.36. The van der Waals surface area contributed by atoms with Gasteiger partial charge in [-0.15, -0.1) is 0 Å². The molecule has 0 saturated carbocycles. The summed E-state index contributed by atoms with van der Waals surface area (Å²) in [7, 11) is 5.74. The molecule has 5 nitrogen and oxygen atoms in total. The van der Waals surface area contributed by atoms with Gasteiger partial charge in [0.15, 0.2) is 11.5 Å². The fourth-order valence-corrected chi connectivity index (χ4v) is 2.52. The molecule has 0 spiro atoms. The first-order valence-electron chi connectivity index (χ1n) is 8.36. The van der Waals surface area contributed by atoms with E-state index in [4.69, 9.17) is 13.9 Å². The highest BCUT2D eigenvalue weighted by molar-refractivity contribution is 5.43. The van der Waals surface area contributed by atoms with Crippen molar-refractivity contribution in [1.29, 1.82) is 0 Å². The number of hydrogen-bond acceptors (Lipinski definition) is 5. The van der Waals surface area contributed by atoms with Crippen LogP contribution in [0.5, 0.6) is 11.5 Å². The van der Waals surface area contributed by atoms with Crippen LogP contribution in [-0.2, 0) is 6.54 Å². The molecule has 2 rings (SSSR count). The van der Waals surface area contributed by atoms with Crippen LogP contribution in [0.15, 0.2) is 53.2 Å². The minimum absolute atomic E-state index is 0.187. The largest absolute Gasteiger partial charge is 0.493 e. The summed E-state index contributed by atoms with van der Waals surface area (Å²) in [6.45, 7) is 7.81. The molecular formula is C20H28N2O3. The topological polar surface area (TPSA) is 46.9 Å². The fourth-order valence-electron chi connectivity index (χ4n) is 2.52. The van der Waals surface area contributed by atoms with Crippen molar-refractivity contribution >= 4 is 0 Å². The maximum atomic E-state index is 5.78. The van der Waals surface area contributed by atoms with Crippen molar-refractivity contribution < 1.29 is 13.9 Å². The molecule has 0 saturated heterocycles. The molecule has 1 unspecified atom stereocenters. The van der Waals surface area contributed by atoms with Gasteiger partial charge in [-0.2, -0.15) is 0 Å². The Morgan fingerprint density at radius 2 is 2.08 bits per heavy atom. The van der Waals surface area contributed by atoms with E-state index in [-0.39, 0.29) is 6.04 Å². The van der Waals surface area contributed by atoms with Crippen LogP contribution in [0, 0.1) is 0 Å². The monoisotopic (exact) mass is 344 g/mol. The molecule has 5 heteroatoms. The summed E-state index contributed by atoms with van der Waals surface area (Å²) in [4.78, 5) is 2.14. The van der Waals surface area contributed by atoms with E-state index in [0.29, 0.717) is 6.61 Å². The number of methoxy groups -OCH3 is 1. The van der Waals surface area contributed by atoms with Crippen molar-refractivity contribution in [3.05, 3.63) is 60.1 Å². The number of likely N-dealkylation sites (N-methyl/N-ethyl adjacent to an activating group) is 1. The fraction of sp³-hybridized carbons (Fsp3) is 0.400. The third kappa shape index (κ3) is 5.66. The van der Waals surface area contributed by atoms with Crippen LogP contribution in [0.2, 0.25) is 0 Å². The number of hydrogen-bond donors (Lipinski definition) is 1. The average Bonchev–Trinajstić information content (AvgIpc) is 3.10. The van der Waals surface area contributed by atoms with Gasteiger partial charge in [0.05, 0.1) is 19.4 Å². The maximum Gasteiger partial charge on any atom is 0.161 e. The number of nitrogens with zero attached hydrogens (tertiary/aromatic N) is 1. The first kappa shape index (κ1) is 19.1. The predicted molar refractivity (Wildman–Crippen MR) is 100 cm³/mol. The number of furan rings is 1. The first-order chi connectivity index (χ1) is 12.0. The molecule has 2 aromatic rings. The lowest BCUT2D eigenvalue weighted by Gasteiger charge is -2.22. The Labute approximate surface area is 150 Å². The van der Waals surface area contributed by atoms with Crippen molar-refractivity contribution in [1.82, 2.24) is 10.2 Å². The van der Waals surface area contributed by atoms with Crippen molar-refractivity contribution in [2.24, 2.45) is 0 Å². The van der Waals surface area contributed by atoms with Crippen LogP contribution >= 0.6 is 0 Å². The van der Waals surface area contributed by atoms with Crippen molar-refractivity contribution in [2.75, 3.05) is 34.4 Å². The number of nitrogens with one attached hydrogen (secondary N) is 1. The minimum Gasteiger partial charge on any atom is -0.493 e. The zero-order chi connectivity index (χ0) is 18.2. The average molecular weight is 344 g/mol. The summed E-state index contributed by atoms with van der Waals surface area (Å²) in [6.07, 6.45) is 1.71. The van der Waals surface area contributed by atoms with E-state index in [1.807, 2.05) is 51.4 Å². The van der Waals surface area contributed by atoms with Gasteiger partial charge in [0, 0.05) is 13.1 Å². The number of rotatable bonds is 10. The molecule has 0 amide bonds. The normalized spacial score (nSPS) is 12.2. The summed E-state index contributed by atoms with van der Waals surface area (Å²) in [6, 6.07) is 10.1. The zero-order valence-corrected chi connectivity index (χ0v) is 15.5. The van der Waals surface area contributed by atoms with Crippen LogP contribution in [-0.4, -0.2) is 39.3 Å². The third-order valence-electron chi connectivity index (χ3n) is 3.86. The highest BCUT2D eigenvalue weighted by Crippen LogP contribution is 2.28. The van der Waals surface area contributed by atoms with Gasteiger partial charge in [0.2, 0.25) is 0 Å². The van der Waals surface area contributed by atoms with Crippen LogP contribution in [0.25, 0.3) is 0 Å². The van der Waals surface area contributed by atoms with Gasteiger partial charge in [-0.3, -0.25) is 4.90 Å². The summed E-state index contributed by atoms with van der Waals surface area (Å²) in [5, 5.41) is 3.49. The van der Waals surface area contributed by atoms with Gasteiger partial charge in [-0.1, -0.05) is 12.6 Å². The van der Waals surface area contributed by atoms with E-state index in [9.17, 15) is 0 Å². The van der Waals surface area contributed by atoms with Crippen LogP contribution < -0.4 is 14.8 Å². The molecule has 0 radical (unpaired) electrons. The Kier molecular flexibility index (Phi) is 7.10. The molecule has 25 heavy (non-hydrogen) atoms. The summed E-state index contributed by atoms with van der Waals surface area (Å²) >= 11 is 0. The second-order valence-corrected chi connectivity index (χ2v) is 6.36. The second kappa shape index (κ2) is 9.30. The van der Waals surface area contributed by atoms with Gasteiger partial charge in [0.25, 0.3) is 0 Å². The van der Waals surface area contributed by atoms with Gasteiger partial charge in [-0.25, -0.2) is 0 Å². The smallest absolute Gasteiger partial charge is 0.161 e. The Morgan fingerprint density at radius 1 is 1.28 bits per heavy atom. The molecular weight excluding hydrogens is 316 g/mol. The van der Waals surface area contributed by atoms with E-state index in [1.165, 1.54) is 0 Å². The van der Waals surface area contributed by atoms with Gasteiger partial charge in [-0.05, 0) is 56.4 Å². The maximum absolute atomic E-state index is 5.78. The predicted octanol–water partition coefficient (Wildman–Crippen LogP) is 3.64. The van der Waals surface area contributed by atoms with Gasteiger partial charge in [0.1, 0.15) is 12.4 Å². The van der Waals surface area contributed by atoms with Crippen molar-refractivity contribution in [3.8, 4) is 11.5 Å². The van der Waals surface area contributed by atoms with Crippen LogP contribution in [0.3, 0.4) is 0 Å². The highest BCUT2D eigenvalue weighted by Gasteiger charge is 2.16. The molecule has 1 N–H and O–H groups in total. The SMILES string of the molecule is C=C(C)COc1cc(CNCC(c2ccco2)N(C)C)ccc1OC. The lowest BCUT2D eigenvalue weighted by Crippen LogP contribution is -2.30. The third-order valence-corrected chi connectivity index (χ3v) is 3.86. The van der Waals surface area contributed by atoms with E-state index in [2.05, 4.69) is 16.8 Å². The lowest BCUT2D eigenvalue weighted by atomic mass is 10.1. The van der Waals surface area contributed by atoms with Gasteiger partial charge < -0.3 is 19.2 Å². The Balaban J connectivity index is 1.97. The summed E-state index contributed by atoms with van der Waals surface area (Å²) in [5.41, 5.74) is 2.10. The van der Waals surface area contributed by atoms with Crippen LogP contribution in [0.4, 0.5) is 0 Å². The quantitative estimate of drug-likeness (QED) is 0.667. The van der Waals surface area contributed by atoms with Crippen LogP contribution in [0.1, 0.15) is 24.3 Å². The molecule has 0 aliphatic carbocycles. The molecule has 1 aromatic heterocycles. The van der Waals surface area contributed by atoms with Gasteiger partial charge >= 0.3 is 0 Å². The minimum atomic E-state index is 0.187. The number of ether oxygens (including phenoxy) is 2. The van der Waals surface area contributed by atoms with E-state index < -0.39 is 0 Å². The molecule has 0 aliphatic heterocycles. The molecule has 1 heterocycles. The lowest BCUT2D eigenvalue weighted by molar-refractivity contribution is 0.250. The first-order valence-corrected chi connectivity index (χ1v) is 8.36. The van der Waals surface area contributed by atoms with E-state index in [0.717, 1.165) is 41.5 Å². The summed E-state index contributed by atoms with van der Waals surface area (Å²) in [5.74, 6) is 2.42. The summed E-state index contributed by atoms with van der Waals surface area (Å²) < 4.78 is 16.7. The standard InChI is InChI=1S/C20H28N2O3/c1-15(2)14-25-20-11-16(8-9-19(20)23-5)12-21-13-17(22(3)4)18-7-6-10-24-18/h6-11,17,21H,1,12-14H2,2-5H3. The zero-order valence-electron chi connectivity index (χ0n) is 15.5. The molecule has 136 valence electrons. The number of benzene rings is 1. The molecule has 1 atom stereocenters. The highest BCUT2D eigenvalue weighted by atomic mass is 16.5. The molecule has 0 bridgehead atoms. The van der Waals surface area contributed by atoms with Crippen molar-refractivity contribution in [3.63, 3.8) is 0 Å². The molecule has 0 fully saturated rings. The Bertz CT molecular complexity index is 666. The van der Waals surface area contributed by atoms with Crippen molar-refractivity contribution in [2.45, 2.75) is 19.5 Å². The Morgan fingerprint density at radius 3 is 2.68 bits per heavy atom. The Hall–Kier alpha value is -2.24. The molecule has 1 aromatic carbocycles. The molecule has 0 aliphatic rings. The van der Waals surface area contributed by atoms with E-state index in [1.54, 1.807) is 13.4 Å².